The minimum Gasteiger partial charge on any atom is -0.469 e. The van der Waals surface area contributed by atoms with E-state index < -0.39 is 29.8 Å². The van der Waals surface area contributed by atoms with E-state index in [1.54, 1.807) is 36.5 Å². The topological polar surface area (TPSA) is 96.0 Å². The molecule has 1 fully saturated rings. The number of amides is 1. The van der Waals surface area contributed by atoms with Crippen LogP contribution in [-0.4, -0.2) is 30.3 Å². The molecule has 0 radical (unpaired) electrons. The maximum absolute atomic E-state index is 13.6. The van der Waals surface area contributed by atoms with Crippen molar-refractivity contribution >= 4 is 11.9 Å². The molecule has 37 heavy (non-hydrogen) atoms. The van der Waals surface area contributed by atoms with E-state index in [0.29, 0.717) is 36.3 Å². The average molecular weight is 508 g/mol. The third kappa shape index (κ3) is 4.12. The predicted molar refractivity (Wildman–Crippen MR) is 124 cm³/mol. The number of pyridine rings is 1. The van der Waals surface area contributed by atoms with Crippen molar-refractivity contribution in [2.75, 3.05) is 7.11 Å². The highest BCUT2D eigenvalue weighted by Gasteiger charge is 2.53. The van der Waals surface area contributed by atoms with Crippen LogP contribution < -0.4 is 19.5 Å². The van der Waals surface area contributed by atoms with Gasteiger partial charge in [0.2, 0.25) is 11.8 Å². The lowest BCUT2D eigenvalue weighted by molar-refractivity contribution is -0.286. The Bertz CT molecular complexity index is 1410. The summed E-state index contributed by atoms with van der Waals surface area (Å²) in [6.45, 7) is 0. The number of aromatic nitrogens is 1. The van der Waals surface area contributed by atoms with Gasteiger partial charge in [0.1, 0.15) is 6.10 Å². The summed E-state index contributed by atoms with van der Waals surface area (Å²) in [5.41, 5.74) is 1.61. The van der Waals surface area contributed by atoms with E-state index >= 15 is 0 Å². The first-order valence-electron chi connectivity index (χ1n) is 11.8. The summed E-state index contributed by atoms with van der Waals surface area (Å²) in [4.78, 5) is 30.0. The fraction of sp³-hybridized carbons (Fsp3) is 0.296. The van der Waals surface area contributed by atoms with Crippen molar-refractivity contribution in [3.05, 3.63) is 83.0 Å². The number of nitrogens with one attached hydrogen (secondary N) is 1. The Kier molecular flexibility index (Phi) is 5.29. The summed E-state index contributed by atoms with van der Waals surface area (Å²) in [6, 6.07) is 14.6. The van der Waals surface area contributed by atoms with E-state index in [2.05, 4.69) is 19.8 Å². The standard InChI is InChI=1S/C27H22F2N2O6/c1-34-24(32)16-5-2-4-15(12-16)21-14-19(18-6-3-11-30-23(18)35-21)31-25(33)26(9-10-26)17-7-8-20-22(13-17)37-27(28,29)36-20/h2-8,11-13,19,21H,9-10,14H2,1H3,(H,31,33)/t19-,21+/m0/s1. The van der Waals surface area contributed by atoms with Crippen molar-refractivity contribution in [2.24, 2.45) is 0 Å². The Balaban J connectivity index is 1.26. The number of carbonyl (C=O) groups excluding carboxylic acids is 2. The number of ether oxygens (including phenoxy) is 4. The second-order valence-electron chi connectivity index (χ2n) is 9.29. The molecule has 1 N–H and O–H groups in total. The third-order valence-corrected chi connectivity index (χ3v) is 7.00. The largest absolute Gasteiger partial charge is 0.586 e. The number of rotatable bonds is 5. The van der Waals surface area contributed by atoms with Gasteiger partial charge in [-0.1, -0.05) is 24.3 Å². The molecule has 190 valence electrons. The molecule has 0 unspecified atom stereocenters. The van der Waals surface area contributed by atoms with Crippen LogP contribution in [0.4, 0.5) is 8.78 Å². The summed E-state index contributed by atoms with van der Waals surface area (Å²) in [5, 5.41) is 3.14. The van der Waals surface area contributed by atoms with Crippen LogP contribution in [0.15, 0.2) is 60.8 Å². The van der Waals surface area contributed by atoms with Gasteiger partial charge >= 0.3 is 12.3 Å². The van der Waals surface area contributed by atoms with Crippen LogP contribution in [0.1, 0.15) is 58.5 Å². The zero-order valence-electron chi connectivity index (χ0n) is 19.7. The van der Waals surface area contributed by atoms with Crippen molar-refractivity contribution in [1.29, 1.82) is 0 Å². The number of alkyl halides is 2. The minimum atomic E-state index is -3.72. The van der Waals surface area contributed by atoms with Gasteiger partial charge in [-0.05, 0) is 54.3 Å². The van der Waals surface area contributed by atoms with Gasteiger partial charge in [-0.2, -0.15) is 0 Å². The van der Waals surface area contributed by atoms with Crippen molar-refractivity contribution < 1.29 is 37.3 Å². The molecule has 10 heteroatoms. The van der Waals surface area contributed by atoms with Gasteiger partial charge in [0.05, 0.1) is 24.1 Å². The Morgan fingerprint density at radius 3 is 2.65 bits per heavy atom. The number of nitrogens with zero attached hydrogens (tertiary/aromatic N) is 1. The number of hydrogen-bond acceptors (Lipinski definition) is 7. The monoisotopic (exact) mass is 508 g/mol. The van der Waals surface area contributed by atoms with Crippen LogP contribution in [-0.2, 0) is 14.9 Å². The smallest absolute Gasteiger partial charge is 0.469 e. The number of carbonyl (C=O) groups is 2. The minimum absolute atomic E-state index is 0.0635. The van der Waals surface area contributed by atoms with Crippen LogP contribution in [0.3, 0.4) is 0 Å². The summed E-state index contributed by atoms with van der Waals surface area (Å²) in [5.74, 6) is -0.443. The highest BCUT2D eigenvalue weighted by molar-refractivity contribution is 5.92. The molecule has 1 aliphatic carbocycles. The first-order valence-corrected chi connectivity index (χ1v) is 11.8. The molecule has 8 nitrogen and oxygen atoms in total. The molecule has 6 rings (SSSR count). The van der Waals surface area contributed by atoms with Gasteiger partial charge in [0, 0.05) is 18.2 Å². The van der Waals surface area contributed by atoms with Crippen LogP contribution >= 0.6 is 0 Å². The number of hydrogen-bond donors (Lipinski definition) is 1. The molecular weight excluding hydrogens is 486 g/mol. The zero-order chi connectivity index (χ0) is 25.8. The van der Waals surface area contributed by atoms with Crippen molar-refractivity contribution in [2.45, 2.75) is 43.1 Å². The Morgan fingerprint density at radius 1 is 1.05 bits per heavy atom. The number of methoxy groups -OCH3 is 1. The maximum atomic E-state index is 13.6. The lowest BCUT2D eigenvalue weighted by atomic mass is 9.91. The van der Waals surface area contributed by atoms with Gasteiger partial charge in [0.25, 0.3) is 0 Å². The second-order valence-corrected chi connectivity index (χ2v) is 9.29. The molecule has 0 saturated heterocycles. The normalized spacial score (nSPS) is 21.8. The number of halogens is 2. The van der Waals surface area contributed by atoms with Crippen LogP contribution in [0.5, 0.6) is 17.4 Å². The molecule has 1 amide bonds. The van der Waals surface area contributed by atoms with Crippen molar-refractivity contribution in [1.82, 2.24) is 10.3 Å². The van der Waals surface area contributed by atoms with E-state index in [9.17, 15) is 18.4 Å². The fourth-order valence-electron chi connectivity index (χ4n) is 4.93. The highest BCUT2D eigenvalue weighted by atomic mass is 19.3. The molecule has 2 atom stereocenters. The molecule has 2 aliphatic heterocycles. The first kappa shape index (κ1) is 23.2. The van der Waals surface area contributed by atoms with Crippen LogP contribution in [0.25, 0.3) is 0 Å². The molecule has 3 heterocycles. The number of benzene rings is 2. The molecule has 0 spiro atoms. The number of fused-ring (bicyclic) bond motifs is 2. The summed E-state index contributed by atoms with van der Waals surface area (Å²) in [7, 11) is 1.32. The lowest BCUT2D eigenvalue weighted by Gasteiger charge is -2.33. The number of esters is 1. The van der Waals surface area contributed by atoms with Crippen molar-refractivity contribution in [3.8, 4) is 17.4 Å². The molecule has 3 aromatic rings. The van der Waals surface area contributed by atoms with Gasteiger partial charge in [-0.3, -0.25) is 4.79 Å². The zero-order valence-corrected chi connectivity index (χ0v) is 19.7. The maximum Gasteiger partial charge on any atom is 0.586 e. The Labute approximate surface area is 210 Å². The van der Waals surface area contributed by atoms with E-state index in [1.165, 1.54) is 19.2 Å². The average Bonchev–Trinajstić information content (AvgIpc) is 3.65. The molecule has 1 aromatic heterocycles. The molecule has 1 saturated carbocycles. The fourth-order valence-corrected chi connectivity index (χ4v) is 4.93. The summed E-state index contributed by atoms with van der Waals surface area (Å²) in [6.07, 6.45) is -1.04. The summed E-state index contributed by atoms with van der Waals surface area (Å²) < 4.78 is 47.0. The molecule has 2 aromatic carbocycles. The van der Waals surface area contributed by atoms with E-state index in [1.807, 2.05) is 12.1 Å². The van der Waals surface area contributed by atoms with E-state index in [4.69, 9.17) is 9.47 Å². The van der Waals surface area contributed by atoms with Gasteiger partial charge < -0.3 is 24.3 Å². The SMILES string of the molecule is COC(=O)c1cccc([C@H]2C[C@H](NC(=O)C3(c4ccc5c(c4)OC(F)(F)O5)CC3)c3cccnc3O2)c1. The molecule has 3 aliphatic rings. The Morgan fingerprint density at radius 2 is 1.86 bits per heavy atom. The lowest BCUT2D eigenvalue weighted by Crippen LogP contribution is -2.39. The van der Waals surface area contributed by atoms with Crippen LogP contribution in [0, 0.1) is 0 Å². The molecule has 0 bridgehead atoms. The van der Waals surface area contributed by atoms with Gasteiger partial charge in [-0.25, -0.2) is 9.78 Å². The first-order chi connectivity index (χ1) is 17.8. The van der Waals surface area contributed by atoms with E-state index in [0.717, 1.165) is 11.1 Å². The predicted octanol–water partition coefficient (Wildman–Crippen LogP) is 4.60. The quantitative estimate of drug-likeness (QED) is 0.503. The van der Waals surface area contributed by atoms with Gasteiger partial charge in [-0.15, -0.1) is 8.78 Å². The highest BCUT2D eigenvalue weighted by Crippen LogP contribution is 2.52. The third-order valence-electron chi connectivity index (χ3n) is 7.00. The van der Waals surface area contributed by atoms with Gasteiger partial charge in [0.15, 0.2) is 11.5 Å². The summed E-state index contributed by atoms with van der Waals surface area (Å²) >= 11 is 0. The second kappa shape index (κ2) is 8.43. The molecular formula is C27H22F2N2O6. The Hall–Kier alpha value is -4.21. The van der Waals surface area contributed by atoms with Crippen LogP contribution in [0.2, 0.25) is 0 Å². The van der Waals surface area contributed by atoms with E-state index in [-0.39, 0.29) is 17.4 Å². The van der Waals surface area contributed by atoms with Crippen molar-refractivity contribution in [3.63, 3.8) is 0 Å².